The van der Waals surface area contributed by atoms with Gasteiger partial charge in [-0.3, -0.25) is 9.32 Å². The topological polar surface area (TPSA) is 141 Å². The highest BCUT2D eigenvalue weighted by molar-refractivity contribution is 7.46. The number of rotatable bonds is 4. The molecule has 1 unspecified atom stereocenters. The van der Waals surface area contributed by atoms with Gasteiger partial charge in [-0.15, -0.1) is 0 Å². The monoisotopic (exact) mass is 481 g/mol. The van der Waals surface area contributed by atoms with Gasteiger partial charge in [0.2, 0.25) is 0 Å². The predicted octanol–water partition coefficient (Wildman–Crippen LogP) is 3.42. The summed E-state index contributed by atoms with van der Waals surface area (Å²) in [7, 11) is -3.07. The van der Waals surface area contributed by atoms with E-state index in [1.165, 1.54) is 6.07 Å². The van der Waals surface area contributed by atoms with Crippen molar-refractivity contribution in [2.24, 2.45) is 0 Å². The van der Waals surface area contributed by atoms with Gasteiger partial charge < -0.3 is 29.3 Å². The molecule has 0 amide bonds. The van der Waals surface area contributed by atoms with Gasteiger partial charge in [-0.2, -0.15) is 0 Å². The van der Waals surface area contributed by atoms with Crippen molar-refractivity contribution in [1.82, 2.24) is 4.90 Å². The minimum Gasteiger partial charge on any atom is -0.507 e. The first-order valence-corrected chi connectivity index (χ1v) is 11.7. The Hall–Kier alpha value is -2.39. The van der Waals surface area contributed by atoms with Gasteiger partial charge in [-0.25, -0.2) is 4.57 Å². The summed E-state index contributed by atoms with van der Waals surface area (Å²) in [5.41, 5.74) is -0.0669. The predicted molar refractivity (Wildman–Crippen MR) is 118 cm³/mol. The zero-order valence-electron chi connectivity index (χ0n) is 16.9. The van der Waals surface area contributed by atoms with Crippen LogP contribution in [0.25, 0.3) is 22.3 Å². The second-order valence-corrected chi connectivity index (χ2v) is 9.38. The van der Waals surface area contributed by atoms with Crippen LogP contribution in [0.5, 0.6) is 11.5 Å². The molecular formula is C21H21ClNO8P. The van der Waals surface area contributed by atoms with Crippen molar-refractivity contribution in [3.05, 3.63) is 57.2 Å². The molecule has 32 heavy (non-hydrogen) atoms. The van der Waals surface area contributed by atoms with Crippen molar-refractivity contribution in [3.63, 3.8) is 0 Å². The van der Waals surface area contributed by atoms with E-state index < -0.39 is 31.0 Å². The molecule has 4 rings (SSSR count). The van der Waals surface area contributed by atoms with Crippen molar-refractivity contribution in [2.75, 3.05) is 20.1 Å². The summed E-state index contributed by atoms with van der Waals surface area (Å²) in [5, 5.41) is 21.3. The number of phenolic OH excluding ortho intramolecular Hbond substituents is 2. The minimum atomic E-state index is -4.84. The molecule has 0 radical (unpaired) electrons. The largest absolute Gasteiger partial charge is 0.507 e. The maximum atomic E-state index is 12.9. The molecule has 2 heterocycles. The molecule has 0 saturated carbocycles. The third kappa shape index (κ3) is 4.41. The maximum absolute atomic E-state index is 12.9. The summed E-state index contributed by atoms with van der Waals surface area (Å²) in [6.07, 6.45) is -0.642. The number of likely N-dealkylation sites (N-methyl/N-ethyl adjacent to an activating group) is 1. The Labute approximate surface area is 187 Å². The zero-order chi connectivity index (χ0) is 23.2. The SMILES string of the molecule is CN1CCC(c2c(O)cc(O)c3c(=O)cc(-c4ccccc4Cl)oc23)[C@H](OP(=O)(O)O)C1. The molecule has 0 spiro atoms. The van der Waals surface area contributed by atoms with Crippen LogP contribution in [0.15, 0.2) is 45.6 Å². The number of likely N-dealkylation sites (tertiary alicyclic amines) is 1. The van der Waals surface area contributed by atoms with Gasteiger partial charge in [0.05, 0.1) is 11.1 Å². The lowest BCUT2D eigenvalue weighted by molar-refractivity contribution is 0.0544. The molecule has 170 valence electrons. The van der Waals surface area contributed by atoms with Crippen molar-refractivity contribution in [3.8, 4) is 22.8 Å². The van der Waals surface area contributed by atoms with E-state index in [9.17, 15) is 29.4 Å². The van der Waals surface area contributed by atoms with E-state index in [2.05, 4.69) is 0 Å². The molecule has 0 aliphatic carbocycles. The van der Waals surface area contributed by atoms with Gasteiger partial charge in [0.15, 0.2) is 5.43 Å². The van der Waals surface area contributed by atoms with Gasteiger partial charge in [0.1, 0.15) is 28.2 Å². The first-order chi connectivity index (χ1) is 15.0. The van der Waals surface area contributed by atoms with Gasteiger partial charge in [0, 0.05) is 35.7 Å². The number of halogens is 1. The van der Waals surface area contributed by atoms with Crippen LogP contribution in [0, 0.1) is 0 Å². The number of hydrogen-bond donors (Lipinski definition) is 4. The average Bonchev–Trinajstić information content (AvgIpc) is 2.68. The lowest BCUT2D eigenvalue weighted by Gasteiger charge is -2.36. The Morgan fingerprint density at radius 3 is 2.59 bits per heavy atom. The summed E-state index contributed by atoms with van der Waals surface area (Å²) in [6, 6.07) is 8.94. The Kier molecular flexibility index (Phi) is 6.06. The molecule has 1 aromatic heterocycles. The van der Waals surface area contributed by atoms with Crippen LogP contribution >= 0.6 is 19.4 Å². The number of nitrogens with zero attached hydrogens (tertiary/aromatic N) is 1. The van der Waals surface area contributed by atoms with Crippen LogP contribution in [0.4, 0.5) is 0 Å². The Morgan fingerprint density at radius 1 is 1.19 bits per heavy atom. The quantitative estimate of drug-likeness (QED) is 0.412. The maximum Gasteiger partial charge on any atom is 0.469 e. The third-order valence-electron chi connectivity index (χ3n) is 5.54. The molecule has 9 nitrogen and oxygen atoms in total. The van der Waals surface area contributed by atoms with Gasteiger partial charge in [0.25, 0.3) is 0 Å². The Morgan fingerprint density at radius 2 is 1.91 bits per heavy atom. The van der Waals surface area contributed by atoms with E-state index >= 15 is 0 Å². The molecule has 1 fully saturated rings. The first kappa shape index (κ1) is 22.8. The van der Waals surface area contributed by atoms with Crippen molar-refractivity contribution < 1.29 is 33.5 Å². The van der Waals surface area contributed by atoms with Crippen LogP contribution in [-0.2, 0) is 9.09 Å². The summed E-state index contributed by atoms with van der Waals surface area (Å²) < 4.78 is 22.6. The van der Waals surface area contributed by atoms with E-state index in [0.717, 1.165) is 6.07 Å². The number of piperidine rings is 1. The normalized spacial score (nSPS) is 20.0. The molecule has 1 aliphatic heterocycles. The van der Waals surface area contributed by atoms with E-state index in [1.54, 1.807) is 31.3 Å². The summed E-state index contributed by atoms with van der Waals surface area (Å²) >= 11 is 6.25. The van der Waals surface area contributed by atoms with Crippen LogP contribution in [0.1, 0.15) is 17.9 Å². The van der Waals surface area contributed by atoms with Crippen molar-refractivity contribution in [2.45, 2.75) is 18.4 Å². The van der Waals surface area contributed by atoms with E-state index in [0.29, 0.717) is 23.6 Å². The highest BCUT2D eigenvalue weighted by Gasteiger charge is 2.38. The molecule has 4 N–H and O–H groups in total. The van der Waals surface area contributed by atoms with Gasteiger partial charge in [-0.05, 0) is 32.1 Å². The average molecular weight is 482 g/mol. The fourth-order valence-corrected chi connectivity index (χ4v) is 4.95. The lowest BCUT2D eigenvalue weighted by atomic mass is 9.85. The number of benzene rings is 2. The van der Waals surface area contributed by atoms with Crippen molar-refractivity contribution >= 4 is 30.4 Å². The standard InChI is InChI=1S/C21H21ClNO8P/c1-23-7-6-12(18(10-23)31-32(27,28)29)19-14(24)8-15(25)20-16(26)9-17(30-21(19)20)11-4-2-3-5-13(11)22/h2-5,8-9,12,18,24-25H,6-7,10H2,1H3,(H2,27,28,29)/t12?,18-/m1/s1. The fourth-order valence-electron chi connectivity index (χ4n) is 4.16. The smallest absolute Gasteiger partial charge is 0.469 e. The van der Waals surface area contributed by atoms with Crippen molar-refractivity contribution in [1.29, 1.82) is 0 Å². The van der Waals surface area contributed by atoms with Crippen LogP contribution in [0.2, 0.25) is 5.02 Å². The van der Waals surface area contributed by atoms with E-state index in [-0.39, 0.29) is 34.6 Å². The highest BCUT2D eigenvalue weighted by Crippen LogP contribution is 2.47. The molecule has 1 saturated heterocycles. The Balaban J connectivity index is 1.97. The summed E-state index contributed by atoms with van der Waals surface area (Å²) in [5.74, 6) is -1.43. The lowest BCUT2D eigenvalue weighted by Crippen LogP contribution is -2.41. The van der Waals surface area contributed by atoms with Gasteiger partial charge in [-0.1, -0.05) is 23.7 Å². The fraction of sp³-hybridized carbons (Fsp3) is 0.286. The summed E-state index contributed by atoms with van der Waals surface area (Å²) in [4.78, 5) is 33.5. The Bertz CT molecular complexity index is 1290. The highest BCUT2D eigenvalue weighted by atomic mass is 35.5. The molecule has 2 aromatic carbocycles. The number of phosphoric acid groups is 1. The summed E-state index contributed by atoms with van der Waals surface area (Å²) in [6.45, 7) is 0.716. The zero-order valence-corrected chi connectivity index (χ0v) is 18.6. The van der Waals surface area contributed by atoms with E-state index in [1.807, 2.05) is 4.90 Å². The molecule has 2 atom stereocenters. The van der Waals surface area contributed by atoms with Gasteiger partial charge >= 0.3 is 7.82 Å². The number of phosphoric ester groups is 1. The second kappa shape index (κ2) is 8.51. The second-order valence-electron chi connectivity index (χ2n) is 7.78. The third-order valence-corrected chi connectivity index (χ3v) is 6.42. The molecule has 1 aliphatic rings. The molecule has 0 bridgehead atoms. The number of phenols is 2. The molecule has 11 heteroatoms. The van der Waals surface area contributed by atoms with Crippen LogP contribution < -0.4 is 5.43 Å². The van der Waals surface area contributed by atoms with Crippen LogP contribution in [-0.4, -0.2) is 51.1 Å². The molecule has 3 aromatic rings. The molecular weight excluding hydrogens is 461 g/mol. The first-order valence-electron chi connectivity index (χ1n) is 9.75. The number of aromatic hydroxyl groups is 2. The van der Waals surface area contributed by atoms with Crippen LogP contribution in [0.3, 0.4) is 0 Å². The minimum absolute atomic E-state index is 0.0845. The number of fused-ring (bicyclic) bond motifs is 1. The van der Waals surface area contributed by atoms with E-state index in [4.69, 9.17) is 20.5 Å². The number of hydrogen-bond acceptors (Lipinski definition) is 7.